The minimum atomic E-state index is 0.282. The van der Waals surface area contributed by atoms with E-state index in [4.69, 9.17) is 4.74 Å². The zero-order chi connectivity index (χ0) is 22.6. The van der Waals surface area contributed by atoms with E-state index in [2.05, 4.69) is 82.7 Å². The molecule has 0 unspecified atom stereocenters. The number of rotatable bonds is 6. The third-order valence-corrected chi connectivity index (χ3v) is 6.45. The quantitative estimate of drug-likeness (QED) is 0.369. The summed E-state index contributed by atoms with van der Waals surface area (Å²) in [5.41, 5.74) is 3.66. The molecule has 0 amide bonds. The first-order valence-electron chi connectivity index (χ1n) is 11.7. The standard InChI is InChI=1S/C29H31N3O/c1-31(2)29-14-11-26(20-30-29)24-9-12-27(13-10-24)33-28-15-17-32(18-16-28)21-22-7-8-23-5-3-4-6-25(23)19-22/h3-14,19-20,28H,15-18,21H2,1-2H3. The highest BCUT2D eigenvalue weighted by atomic mass is 16.5. The lowest BCUT2D eigenvalue weighted by atomic mass is 10.0. The summed E-state index contributed by atoms with van der Waals surface area (Å²) in [7, 11) is 4.00. The Morgan fingerprint density at radius 1 is 0.848 bits per heavy atom. The van der Waals surface area contributed by atoms with E-state index in [1.54, 1.807) is 0 Å². The lowest BCUT2D eigenvalue weighted by molar-refractivity contribution is 0.0968. The minimum absolute atomic E-state index is 0.282. The molecule has 0 saturated carbocycles. The van der Waals surface area contributed by atoms with E-state index in [0.717, 1.165) is 55.2 Å². The van der Waals surface area contributed by atoms with E-state index < -0.39 is 0 Å². The third-order valence-electron chi connectivity index (χ3n) is 6.45. The molecule has 0 bridgehead atoms. The number of piperidine rings is 1. The van der Waals surface area contributed by atoms with Crippen LogP contribution in [0.4, 0.5) is 5.82 Å². The second kappa shape index (κ2) is 9.63. The maximum absolute atomic E-state index is 6.30. The Hall–Kier alpha value is -3.37. The average Bonchev–Trinajstić information content (AvgIpc) is 2.86. The molecule has 1 aliphatic rings. The molecule has 33 heavy (non-hydrogen) atoms. The van der Waals surface area contributed by atoms with Crippen molar-refractivity contribution < 1.29 is 4.74 Å². The normalized spacial score (nSPS) is 15.0. The van der Waals surface area contributed by atoms with Crippen LogP contribution < -0.4 is 9.64 Å². The van der Waals surface area contributed by atoms with Crippen molar-refractivity contribution in [2.24, 2.45) is 0 Å². The number of likely N-dealkylation sites (tertiary alicyclic amines) is 1. The maximum atomic E-state index is 6.30. The van der Waals surface area contributed by atoms with Gasteiger partial charge in [0.25, 0.3) is 0 Å². The van der Waals surface area contributed by atoms with E-state index in [9.17, 15) is 0 Å². The lowest BCUT2D eigenvalue weighted by Crippen LogP contribution is -2.37. The number of ether oxygens (including phenoxy) is 1. The summed E-state index contributed by atoms with van der Waals surface area (Å²) in [6.07, 6.45) is 4.33. The first kappa shape index (κ1) is 21.5. The van der Waals surface area contributed by atoms with Crippen molar-refractivity contribution in [1.82, 2.24) is 9.88 Å². The van der Waals surface area contributed by atoms with E-state index in [0.29, 0.717) is 0 Å². The van der Waals surface area contributed by atoms with Crippen LogP contribution in [0.25, 0.3) is 21.9 Å². The molecule has 0 N–H and O–H groups in total. The summed E-state index contributed by atoms with van der Waals surface area (Å²) in [6, 6.07) is 28.0. The number of aromatic nitrogens is 1. The SMILES string of the molecule is CN(C)c1ccc(-c2ccc(OC3CCN(Cc4ccc5ccccc5c4)CC3)cc2)cn1. The Bertz CT molecular complexity index is 1190. The Kier molecular flexibility index (Phi) is 6.27. The van der Waals surface area contributed by atoms with Crippen LogP contribution in [0.5, 0.6) is 5.75 Å². The molecule has 0 atom stereocenters. The highest BCUT2D eigenvalue weighted by molar-refractivity contribution is 5.83. The summed E-state index contributed by atoms with van der Waals surface area (Å²) < 4.78 is 6.30. The summed E-state index contributed by atoms with van der Waals surface area (Å²) in [5.74, 6) is 1.91. The van der Waals surface area contributed by atoms with Gasteiger partial charge in [-0.2, -0.15) is 0 Å². The van der Waals surface area contributed by atoms with Crippen LogP contribution in [0, 0.1) is 0 Å². The van der Waals surface area contributed by atoms with Crippen LogP contribution in [0.2, 0.25) is 0 Å². The number of hydrogen-bond donors (Lipinski definition) is 0. The van der Waals surface area contributed by atoms with Gasteiger partial charge in [0.2, 0.25) is 0 Å². The second-order valence-corrected chi connectivity index (χ2v) is 9.10. The molecule has 4 heteroatoms. The summed E-state index contributed by atoms with van der Waals surface area (Å²) in [4.78, 5) is 9.06. The van der Waals surface area contributed by atoms with Crippen molar-refractivity contribution >= 4 is 16.6 Å². The number of fused-ring (bicyclic) bond motifs is 1. The predicted molar refractivity (Wildman–Crippen MR) is 137 cm³/mol. The second-order valence-electron chi connectivity index (χ2n) is 9.10. The number of benzene rings is 3. The lowest BCUT2D eigenvalue weighted by Gasteiger charge is -2.32. The fraction of sp³-hybridized carbons (Fsp3) is 0.276. The van der Waals surface area contributed by atoms with Gasteiger partial charge >= 0.3 is 0 Å². The number of anilines is 1. The monoisotopic (exact) mass is 437 g/mol. The smallest absolute Gasteiger partial charge is 0.127 e. The van der Waals surface area contributed by atoms with Gasteiger partial charge in [-0.1, -0.05) is 48.5 Å². The van der Waals surface area contributed by atoms with E-state index >= 15 is 0 Å². The molecule has 1 saturated heterocycles. The van der Waals surface area contributed by atoms with Crippen LogP contribution in [-0.2, 0) is 6.54 Å². The van der Waals surface area contributed by atoms with E-state index in [-0.39, 0.29) is 6.10 Å². The molecule has 0 radical (unpaired) electrons. The van der Waals surface area contributed by atoms with Crippen molar-refractivity contribution in [2.45, 2.75) is 25.5 Å². The topological polar surface area (TPSA) is 28.6 Å². The van der Waals surface area contributed by atoms with Crippen molar-refractivity contribution in [3.8, 4) is 16.9 Å². The van der Waals surface area contributed by atoms with Gasteiger partial charge in [0, 0.05) is 45.5 Å². The molecule has 1 aromatic heterocycles. The van der Waals surface area contributed by atoms with Gasteiger partial charge < -0.3 is 9.64 Å². The molecule has 0 spiro atoms. The number of hydrogen-bond acceptors (Lipinski definition) is 4. The molecule has 4 nitrogen and oxygen atoms in total. The van der Waals surface area contributed by atoms with Gasteiger partial charge in [-0.05, 0) is 65.1 Å². The molecule has 0 aliphatic carbocycles. The van der Waals surface area contributed by atoms with Gasteiger partial charge in [-0.25, -0.2) is 4.98 Å². The Labute approximate surface area is 196 Å². The largest absolute Gasteiger partial charge is 0.490 e. The zero-order valence-corrected chi connectivity index (χ0v) is 19.4. The Morgan fingerprint density at radius 3 is 2.27 bits per heavy atom. The number of nitrogens with zero attached hydrogens (tertiary/aromatic N) is 3. The average molecular weight is 438 g/mol. The minimum Gasteiger partial charge on any atom is -0.490 e. The predicted octanol–water partition coefficient (Wildman–Crippen LogP) is 6.01. The molecule has 1 aliphatic heterocycles. The molecule has 1 fully saturated rings. The molecule has 3 aromatic carbocycles. The highest BCUT2D eigenvalue weighted by Crippen LogP contribution is 2.26. The van der Waals surface area contributed by atoms with Crippen LogP contribution in [0.15, 0.2) is 85.1 Å². The van der Waals surface area contributed by atoms with Crippen molar-refractivity contribution in [1.29, 1.82) is 0 Å². The highest BCUT2D eigenvalue weighted by Gasteiger charge is 2.20. The Balaban J connectivity index is 1.14. The van der Waals surface area contributed by atoms with Gasteiger partial charge in [-0.3, -0.25) is 4.90 Å². The van der Waals surface area contributed by atoms with Crippen LogP contribution in [0.1, 0.15) is 18.4 Å². The first-order chi connectivity index (χ1) is 16.1. The van der Waals surface area contributed by atoms with Crippen molar-refractivity contribution in [3.63, 3.8) is 0 Å². The molecular weight excluding hydrogens is 406 g/mol. The molecular formula is C29H31N3O. The fourth-order valence-electron chi connectivity index (χ4n) is 4.52. The maximum Gasteiger partial charge on any atom is 0.127 e. The molecule has 168 valence electrons. The van der Waals surface area contributed by atoms with Gasteiger partial charge in [0.15, 0.2) is 0 Å². The van der Waals surface area contributed by atoms with Gasteiger partial charge in [0.05, 0.1) is 0 Å². The fourth-order valence-corrected chi connectivity index (χ4v) is 4.52. The van der Waals surface area contributed by atoms with E-state index in [1.165, 1.54) is 16.3 Å². The number of pyridine rings is 1. The molecule has 5 rings (SSSR count). The molecule has 2 heterocycles. The summed E-state index contributed by atoms with van der Waals surface area (Å²) in [5, 5.41) is 2.63. The van der Waals surface area contributed by atoms with Crippen molar-refractivity contribution in [3.05, 3.63) is 90.6 Å². The van der Waals surface area contributed by atoms with Crippen molar-refractivity contribution in [2.75, 3.05) is 32.1 Å². The van der Waals surface area contributed by atoms with Gasteiger partial charge in [0.1, 0.15) is 17.7 Å². The van der Waals surface area contributed by atoms with Gasteiger partial charge in [-0.15, -0.1) is 0 Å². The van der Waals surface area contributed by atoms with Crippen LogP contribution in [0.3, 0.4) is 0 Å². The Morgan fingerprint density at radius 2 is 1.58 bits per heavy atom. The summed E-state index contributed by atoms with van der Waals surface area (Å²) in [6.45, 7) is 3.14. The van der Waals surface area contributed by atoms with Crippen LogP contribution in [-0.4, -0.2) is 43.2 Å². The summed E-state index contributed by atoms with van der Waals surface area (Å²) >= 11 is 0. The zero-order valence-electron chi connectivity index (χ0n) is 19.4. The van der Waals surface area contributed by atoms with Crippen LogP contribution >= 0.6 is 0 Å². The third kappa shape index (κ3) is 5.18. The molecule has 4 aromatic rings. The van der Waals surface area contributed by atoms with E-state index in [1.807, 2.05) is 31.3 Å². The first-order valence-corrected chi connectivity index (χ1v) is 11.7.